The Hall–Kier alpha value is -0.410. The van der Waals surface area contributed by atoms with Gasteiger partial charge in [0, 0.05) is 17.0 Å². The van der Waals surface area contributed by atoms with Crippen LogP contribution in [0.15, 0.2) is 16.5 Å². The van der Waals surface area contributed by atoms with Gasteiger partial charge in [0.2, 0.25) is 0 Å². The molecule has 0 aliphatic heterocycles. The summed E-state index contributed by atoms with van der Waals surface area (Å²) >= 11 is 1.98. The van der Waals surface area contributed by atoms with Crippen LogP contribution in [0.4, 0.5) is 0 Å². The monoisotopic (exact) mass is 241 g/mol. The van der Waals surface area contributed by atoms with E-state index in [1.807, 2.05) is 30.8 Å². The molecule has 0 aliphatic rings. The Balaban J connectivity index is 2.23. The SMILES string of the molecule is Cc1ccc(C(C)NCCSC(C)(C)C)o1. The first-order valence-electron chi connectivity index (χ1n) is 5.82. The second kappa shape index (κ2) is 5.78. The highest BCUT2D eigenvalue weighted by Crippen LogP contribution is 2.22. The van der Waals surface area contributed by atoms with Crippen molar-refractivity contribution in [3.63, 3.8) is 0 Å². The summed E-state index contributed by atoms with van der Waals surface area (Å²) in [5.41, 5.74) is 0. The lowest BCUT2D eigenvalue weighted by atomic mass is 10.2. The topological polar surface area (TPSA) is 25.2 Å². The molecule has 3 heteroatoms. The van der Waals surface area contributed by atoms with Gasteiger partial charge in [-0.1, -0.05) is 20.8 Å². The van der Waals surface area contributed by atoms with Crippen LogP contribution in [-0.4, -0.2) is 17.0 Å². The molecule has 1 unspecified atom stereocenters. The van der Waals surface area contributed by atoms with E-state index >= 15 is 0 Å². The molecule has 0 radical (unpaired) electrons. The molecule has 16 heavy (non-hydrogen) atoms. The summed E-state index contributed by atoms with van der Waals surface area (Å²) < 4.78 is 5.93. The summed E-state index contributed by atoms with van der Waals surface area (Å²) in [7, 11) is 0. The predicted octanol–water partition coefficient (Wildman–Crippen LogP) is 3.77. The number of thioether (sulfide) groups is 1. The molecular formula is C13H23NOS. The lowest BCUT2D eigenvalue weighted by molar-refractivity contribution is 0.422. The van der Waals surface area contributed by atoms with Crippen LogP contribution in [0.5, 0.6) is 0 Å². The third-order valence-corrected chi connectivity index (χ3v) is 3.55. The van der Waals surface area contributed by atoms with Crippen molar-refractivity contribution in [3.8, 4) is 0 Å². The van der Waals surface area contributed by atoms with Gasteiger partial charge < -0.3 is 9.73 Å². The van der Waals surface area contributed by atoms with Crippen LogP contribution in [-0.2, 0) is 0 Å². The normalized spacial score (nSPS) is 14.1. The third-order valence-electron chi connectivity index (χ3n) is 2.28. The van der Waals surface area contributed by atoms with E-state index in [0.717, 1.165) is 23.8 Å². The van der Waals surface area contributed by atoms with Gasteiger partial charge in [-0.05, 0) is 26.0 Å². The van der Waals surface area contributed by atoms with E-state index in [1.54, 1.807) is 0 Å². The highest BCUT2D eigenvalue weighted by molar-refractivity contribution is 8.00. The lowest BCUT2D eigenvalue weighted by Gasteiger charge is -2.18. The predicted molar refractivity (Wildman–Crippen MR) is 72.1 cm³/mol. The van der Waals surface area contributed by atoms with Crippen molar-refractivity contribution in [2.24, 2.45) is 0 Å². The van der Waals surface area contributed by atoms with Crippen LogP contribution in [0.3, 0.4) is 0 Å². The van der Waals surface area contributed by atoms with Crippen molar-refractivity contribution in [2.75, 3.05) is 12.3 Å². The van der Waals surface area contributed by atoms with Crippen molar-refractivity contribution in [1.29, 1.82) is 0 Å². The molecule has 92 valence electrons. The molecule has 1 N–H and O–H groups in total. The fraction of sp³-hybridized carbons (Fsp3) is 0.692. The second-order valence-electron chi connectivity index (χ2n) is 5.09. The Morgan fingerprint density at radius 3 is 2.56 bits per heavy atom. The standard InChI is InChI=1S/C13H23NOS/c1-10-6-7-12(15-10)11(2)14-8-9-16-13(3,4)5/h6-7,11,14H,8-9H2,1-5H3. The molecule has 0 spiro atoms. The lowest BCUT2D eigenvalue weighted by Crippen LogP contribution is -2.22. The number of hydrogen-bond acceptors (Lipinski definition) is 3. The van der Waals surface area contributed by atoms with Crippen molar-refractivity contribution in [3.05, 3.63) is 23.7 Å². The summed E-state index contributed by atoms with van der Waals surface area (Å²) in [5.74, 6) is 3.14. The van der Waals surface area contributed by atoms with Gasteiger partial charge in [-0.3, -0.25) is 0 Å². The molecule has 0 amide bonds. The van der Waals surface area contributed by atoms with Gasteiger partial charge in [0.15, 0.2) is 0 Å². The van der Waals surface area contributed by atoms with Crippen LogP contribution in [0.25, 0.3) is 0 Å². The van der Waals surface area contributed by atoms with Gasteiger partial charge in [-0.25, -0.2) is 0 Å². The fourth-order valence-electron chi connectivity index (χ4n) is 1.42. The average Bonchev–Trinajstić information content (AvgIpc) is 2.57. The molecule has 0 bridgehead atoms. The summed E-state index contributed by atoms with van der Waals surface area (Å²) in [6, 6.07) is 4.36. The van der Waals surface area contributed by atoms with Crippen LogP contribution in [0.1, 0.15) is 45.3 Å². The molecule has 2 nitrogen and oxygen atoms in total. The maximum atomic E-state index is 5.57. The van der Waals surface area contributed by atoms with E-state index in [2.05, 4.69) is 33.0 Å². The minimum absolute atomic E-state index is 0.300. The molecule has 1 aromatic heterocycles. The number of hydrogen-bond donors (Lipinski definition) is 1. The quantitative estimate of drug-likeness (QED) is 0.794. The summed E-state index contributed by atoms with van der Waals surface area (Å²) in [5, 5.41) is 3.47. The number of furan rings is 1. The zero-order valence-electron chi connectivity index (χ0n) is 11.0. The van der Waals surface area contributed by atoms with Gasteiger partial charge in [-0.15, -0.1) is 0 Å². The summed E-state index contributed by atoms with van der Waals surface area (Å²) in [4.78, 5) is 0. The maximum Gasteiger partial charge on any atom is 0.120 e. The van der Waals surface area contributed by atoms with Gasteiger partial charge in [-0.2, -0.15) is 11.8 Å². The van der Waals surface area contributed by atoms with Crippen molar-refractivity contribution in [2.45, 2.75) is 45.4 Å². The average molecular weight is 241 g/mol. The molecule has 0 aromatic carbocycles. The first-order valence-corrected chi connectivity index (χ1v) is 6.81. The highest BCUT2D eigenvalue weighted by atomic mass is 32.2. The van der Waals surface area contributed by atoms with Crippen molar-refractivity contribution < 1.29 is 4.42 Å². The Kier molecular flexibility index (Phi) is 4.93. The molecule has 0 saturated carbocycles. The smallest absolute Gasteiger partial charge is 0.120 e. The maximum absolute atomic E-state index is 5.57. The number of rotatable bonds is 5. The van der Waals surface area contributed by atoms with E-state index in [9.17, 15) is 0 Å². The van der Waals surface area contributed by atoms with Gasteiger partial charge in [0.1, 0.15) is 11.5 Å². The van der Waals surface area contributed by atoms with E-state index in [-0.39, 0.29) is 0 Å². The summed E-state index contributed by atoms with van der Waals surface area (Å²) in [6.45, 7) is 11.9. The second-order valence-corrected chi connectivity index (χ2v) is 7.01. The van der Waals surface area contributed by atoms with E-state index < -0.39 is 0 Å². The molecule has 1 aromatic rings. The van der Waals surface area contributed by atoms with E-state index in [1.165, 1.54) is 0 Å². The minimum Gasteiger partial charge on any atom is -0.465 e. The zero-order chi connectivity index (χ0) is 12.2. The van der Waals surface area contributed by atoms with Gasteiger partial charge >= 0.3 is 0 Å². The van der Waals surface area contributed by atoms with Gasteiger partial charge in [0.05, 0.1) is 6.04 Å². The zero-order valence-corrected chi connectivity index (χ0v) is 11.8. The first-order chi connectivity index (χ1) is 7.38. The summed E-state index contributed by atoms with van der Waals surface area (Å²) in [6.07, 6.45) is 0. The number of nitrogens with one attached hydrogen (secondary N) is 1. The van der Waals surface area contributed by atoms with Crippen LogP contribution in [0.2, 0.25) is 0 Å². The molecule has 0 aliphatic carbocycles. The highest BCUT2D eigenvalue weighted by Gasteiger charge is 2.11. The van der Waals surface area contributed by atoms with Crippen LogP contribution >= 0.6 is 11.8 Å². The Bertz CT molecular complexity index is 314. The minimum atomic E-state index is 0.300. The van der Waals surface area contributed by atoms with Crippen molar-refractivity contribution in [1.82, 2.24) is 5.32 Å². The number of aryl methyl sites for hydroxylation is 1. The fourth-order valence-corrected chi connectivity index (χ4v) is 2.25. The molecule has 1 rings (SSSR count). The van der Waals surface area contributed by atoms with Crippen LogP contribution < -0.4 is 5.32 Å². The largest absolute Gasteiger partial charge is 0.465 e. The Morgan fingerprint density at radius 1 is 1.38 bits per heavy atom. The van der Waals surface area contributed by atoms with E-state index in [4.69, 9.17) is 4.42 Å². The Morgan fingerprint density at radius 2 is 2.06 bits per heavy atom. The first kappa shape index (κ1) is 13.7. The van der Waals surface area contributed by atoms with Crippen LogP contribution in [0, 0.1) is 6.92 Å². The van der Waals surface area contributed by atoms with Crippen molar-refractivity contribution >= 4 is 11.8 Å². The molecule has 0 fully saturated rings. The molecule has 0 saturated heterocycles. The molecule has 1 atom stereocenters. The molecular weight excluding hydrogens is 218 g/mol. The third kappa shape index (κ3) is 5.08. The Labute approximate surface area is 103 Å². The molecule has 1 heterocycles. The van der Waals surface area contributed by atoms with Gasteiger partial charge in [0.25, 0.3) is 0 Å². The van der Waals surface area contributed by atoms with E-state index in [0.29, 0.717) is 10.8 Å².